The molecule has 86 valence electrons. The van der Waals surface area contributed by atoms with Gasteiger partial charge >= 0.3 is 0 Å². The summed E-state index contributed by atoms with van der Waals surface area (Å²) in [5.74, 6) is 2.41. The van der Waals surface area contributed by atoms with E-state index >= 15 is 0 Å². The summed E-state index contributed by atoms with van der Waals surface area (Å²) in [5.41, 5.74) is 0. The molecule has 0 amide bonds. The van der Waals surface area contributed by atoms with Crippen LogP contribution in [-0.2, 0) is 13.0 Å². The molecule has 2 aromatic heterocycles. The van der Waals surface area contributed by atoms with Gasteiger partial charge < -0.3 is 4.42 Å². The number of rotatable bonds is 4. The number of aromatic amines is 1. The van der Waals surface area contributed by atoms with E-state index in [0.29, 0.717) is 17.2 Å². The molecule has 2 rings (SSSR count). The van der Waals surface area contributed by atoms with Gasteiger partial charge in [0.25, 0.3) is 0 Å². The normalized spacial score (nSPS) is 10.9. The van der Waals surface area contributed by atoms with Crippen LogP contribution in [0.4, 0.5) is 0 Å². The van der Waals surface area contributed by atoms with Gasteiger partial charge in [-0.15, -0.1) is 0 Å². The fourth-order valence-electron chi connectivity index (χ4n) is 1.54. The second-order valence-corrected chi connectivity index (χ2v) is 4.03. The molecule has 0 fully saturated rings. The van der Waals surface area contributed by atoms with Crippen LogP contribution in [0.25, 0.3) is 0 Å². The van der Waals surface area contributed by atoms with Gasteiger partial charge in [-0.3, -0.25) is 9.67 Å². The first-order valence-corrected chi connectivity index (χ1v) is 5.67. The second kappa shape index (κ2) is 4.61. The summed E-state index contributed by atoms with van der Waals surface area (Å²) in [4.78, 5) is 4.16. The van der Waals surface area contributed by atoms with E-state index in [0.717, 1.165) is 24.4 Å². The Kier molecular flexibility index (Phi) is 3.19. The lowest BCUT2D eigenvalue weighted by Crippen LogP contribution is -2.05. The van der Waals surface area contributed by atoms with Crippen LogP contribution in [-0.4, -0.2) is 19.7 Å². The Morgan fingerprint density at radius 2 is 2.38 bits per heavy atom. The number of nitrogens with one attached hydrogen (secondary N) is 1. The molecule has 0 unspecified atom stereocenters. The number of aromatic nitrogens is 4. The fraction of sp³-hybridized carbons (Fsp3) is 0.500. The van der Waals surface area contributed by atoms with Gasteiger partial charge in [-0.2, -0.15) is 5.10 Å². The van der Waals surface area contributed by atoms with Crippen molar-refractivity contribution in [3.63, 3.8) is 0 Å². The van der Waals surface area contributed by atoms with Crippen molar-refractivity contribution in [1.82, 2.24) is 19.7 Å². The van der Waals surface area contributed by atoms with E-state index in [2.05, 4.69) is 22.1 Å². The van der Waals surface area contributed by atoms with E-state index in [4.69, 9.17) is 16.6 Å². The van der Waals surface area contributed by atoms with Crippen molar-refractivity contribution in [2.75, 3.05) is 0 Å². The maximum absolute atomic E-state index is 5.43. The molecule has 0 aromatic carbocycles. The molecule has 6 heteroatoms. The molecule has 0 atom stereocenters. The Bertz CT molecular complexity index is 525. The Morgan fingerprint density at radius 1 is 1.56 bits per heavy atom. The minimum absolute atomic E-state index is 0.540. The van der Waals surface area contributed by atoms with Crippen LogP contribution in [0.2, 0.25) is 0 Å². The lowest BCUT2D eigenvalue weighted by atomic mass is 10.3. The summed E-state index contributed by atoms with van der Waals surface area (Å²) in [6, 6.07) is 0. The molecule has 0 saturated carbocycles. The Labute approximate surface area is 98.5 Å². The number of nitrogens with zero attached hydrogens (tertiary/aromatic N) is 3. The van der Waals surface area contributed by atoms with Gasteiger partial charge in [-0.25, -0.2) is 4.98 Å². The molecular weight excluding hydrogens is 224 g/mol. The van der Waals surface area contributed by atoms with Gasteiger partial charge in [0.05, 0.1) is 6.20 Å². The summed E-state index contributed by atoms with van der Waals surface area (Å²) >= 11 is 5.17. The molecule has 0 saturated heterocycles. The molecule has 0 aliphatic rings. The third kappa shape index (κ3) is 2.21. The SMILES string of the molecule is CCCc1n[nH]c(=S)n1Cc1ncc(C)o1. The van der Waals surface area contributed by atoms with Crippen LogP contribution in [0.15, 0.2) is 10.6 Å². The van der Waals surface area contributed by atoms with Gasteiger partial charge in [0.2, 0.25) is 5.89 Å². The highest BCUT2D eigenvalue weighted by Gasteiger charge is 2.08. The molecule has 2 aromatic rings. The second-order valence-electron chi connectivity index (χ2n) is 3.65. The average molecular weight is 238 g/mol. The molecule has 0 radical (unpaired) electrons. The van der Waals surface area contributed by atoms with Crippen LogP contribution >= 0.6 is 12.2 Å². The molecule has 0 bridgehead atoms. The molecule has 0 aliphatic carbocycles. The molecule has 16 heavy (non-hydrogen) atoms. The third-order valence-corrected chi connectivity index (χ3v) is 2.59. The lowest BCUT2D eigenvalue weighted by Gasteiger charge is -2.02. The van der Waals surface area contributed by atoms with Crippen molar-refractivity contribution in [2.45, 2.75) is 33.2 Å². The monoisotopic (exact) mass is 238 g/mol. The van der Waals surface area contributed by atoms with Gasteiger partial charge in [0.1, 0.15) is 18.1 Å². The van der Waals surface area contributed by atoms with Crippen molar-refractivity contribution in [2.24, 2.45) is 0 Å². The van der Waals surface area contributed by atoms with Gasteiger partial charge in [-0.05, 0) is 25.6 Å². The van der Waals surface area contributed by atoms with E-state index < -0.39 is 0 Å². The highest BCUT2D eigenvalue weighted by atomic mass is 32.1. The molecule has 1 N–H and O–H groups in total. The summed E-state index contributed by atoms with van der Waals surface area (Å²) in [7, 11) is 0. The zero-order valence-corrected chi connectivity index (χ0v) is 10.2. The first kappa shape index (κ1) is 11.1. The van der Waals surface area contributed by atoms with E-state index in [9.17, 15) is 0 Å². The van der Waals surface area contributed by atoms with Crippen LogP contribution in [0.5, 0.6) is 0 Å². The smallest absolute Gasteiger partial charge is 0.214 e. The average Bonchev–Trinajstić information content (AvgIpc) is 2.79. The largest absolute Gasteiger partial charge is 0.444 e. The fourth-order valence-corrected chi connectivity index (χ4v) is 1.75. The summed E-state index contributed by atoms with van der Waals surface area (Å²) in [5, 5.41) is 6.98. The summed E-state index contributed by atoms with van der Waals surface area (Å²) in [6.45, 7) is 4.52. The molecule has 0 aliphatic heterocycles. The zero-order chi connectivity index (χ0) is 11.5. The van der Waals surface area contributed by atoms with Crippen LogP contribution in [0.3, 0.4) is 0 Å². The highest BCUT2D eigenvalue weighted by Crippen LogP contribution is 2.08. The van der Waals surface area contributed by atoms with Crippen molar-refractivity contribution in [1.29, 1.82) is 0 Å². The van der Waals surface area contributed by atoms with E-state index in [1.165, 1.54) is 0 Å². The van der Waals surface area contributed by atoms with Crippen LogP contribution < -0.4 is 0 Å². The van der Waals surface area contributed by atoms with Crippen LogP contribution in [0.1, 0.15) is 30.8 Å². The van der Waals surface area contributed by atoms with E-state index in [1.54, 1.807) is 6.20 Å². The first-order valence-electron chi connectivity index (χ1n) is 5.26. The van der Waals surface area contributed by atoms with Crippen molar-refractivity contribution < 1.29 is 4.42 Å². The Balaban J connectivity index is 2.26. The number of hydrogen-bond donors (Lipinski definition) is 1. The van der Waals surface area contributed by atoms with E-state index in [1.807, 2.05) is 11.5 Å². The maximum Gasteiger partial charge on any atom is 0.214 e. The summed E-state index contributed by atoms with van der Waals surface area (Å²) < 4.78 is 7.96. The number of oxazole rings is 1. The Morgan fingerprint density at radius 3 is 3.00 bits per heavy atom. The first-order chi connectivity index (χ1) is 7.70. The van der Waals surface area contributed by atoms with Gasteiger partial charge in [0.15, 0.2) is 4.77 Å². The van der Waals surface area contributed by atoms with Crippen molar-refractivity contribution >= 4 is 12.2 Å². The molecule has 0 spiro atoms. The van der Waals surface area contributed by atoms with Gasteiger partial charge in [-0.1, -0.05) is 6.92 Å². The number of hydrogen-bond acceptors (Lipinski definition) is 4. The lowest BCUT2D eigenvalue weighted by molar-refractivity contribution is 0.452. The highest BCUT2D eigenvalue weighted by molar-refractivity contribution is 7.71. The molecule has 5 nitrogen and oxygen atoms in total. The van der Waals surface area contributed by atoms with Gasteiger partial charge in [0, 0.05) is 6.42 Å². The minimum atomic E-state index is 0.540. The quantitative estimate of drug-likeness (QED) is 0.830. The predicted molar refractivity (Wildman–Crippen MR) is 61.7 cm³/mol. The topological polar surface area (TPSA) is 59.6 Å². The van der Waals surface area contributed by atoms with Crippen molar-refractivity contribution in [3.05, 3.63) is 28.4 Å². The third-order valence-electron chi connectivity index (χ3n) is 2.27. The molecule has 2 heterocycles. The van der Waals surface area contributed by atoms with E-state index in [-0.39, 0.29) is 0 Å². The maximum atomic E-state index is 5.43. The Hall–Kier alpha value is -1.43. The number of H-pyrrole nitrogens is 1. The zero-order valence-electron chi connectivity index (χ0n) is 9.36. The van der Waals surface area contributed by atoms with Crippen molar-refractivity contribution in [3.8, 4) is 0 Å². The molecular formula is C10H14N4OS. The standard InChI is InChI=1S/C10H14N4OS/c1-3-4-8-12-13-10(16)14(8)6-9-11-5-7(2)15-9/h5H,3-4,6H2,1-2H3,(H,13,16). The predicted octanol–water partition coefficient (Wildman–Crippen LogP) is 2.24. The number of aryl methyl sites for hydroxylation is 2. The minimum Gasteiger partial charge on any atom is -0.444 e. The van der Waals surface area contributed by atoms with Crippen LogP contribution in [0, 0.1) is 11.7 Å². The summed E-state index contributed by atoms with van der Waals surface area (Å²) in [6.07, 6.45) is 3.63.